The fraction of sp³-hybridized carbons (Fsp3) is 0.364. The summed E-state index contributed by atoms with van der Waals surface area (Å²) in [6.45, 7) is 3.99. The molecule has 4 nitrogen and oxygen atoms in total. The summed E-state index contributed by atoms with van der Waals surface area (Å²) in [5.41, 5.74) is 2.80. The van der Waals surface area contributed by atoms with Gasteiger partial charge in [-0.3, -0.25) is 0 Å². The molecule has 0 saturated carbocycles. The molecule has 0 saturated heterocycles. The third kappa shape index (κ3) is 1.80. The average molecular weight is 237 g/mol. The highest BCUT2D eigenvalue weighted by atomic mass is 35.5. The first-order valence-electron chi connectivity index (χ1n) is 5.13. The Hall–Kier alpha value is -1.42. The molecular weight excluding hydrogens is 224 g/mol. The van der Waals surface area contributed by atoms with Crippen LogP contribution in [0.15, 0.2) is 12.5 Å². The van der Waals surface area contributed by atoms with E-state index < -0.39 is 0 Å². The molecule has 0 aliphatic carbocycles. The van der Waals surface area contributed by atoms with E-state index in [9.17, 15) is 0 Å². The number of halogens is 1. The molecule has 0 bridgehead atoms. The Morgan fingerprint density at radius 1 is 1.38 bits per heavy atom. The molecule has 2 heterocycles. The van der Waals surface area contributed by atoms with E-state index in [1.165, 1.54) is 0 Å². The summed E-state index contributed by atoms with van der Waals surface area (Å²) in [6.07, 6.45) is 4.29. The van der Waals surface area contributed by atoms with E-state index in [-0.39, 0.29) is 0 Å². The Bertz CT molecular complexity index is 495. The third-order valence-corrected chi connectivity index (χ3v) is 2.88. The van der Waals surface area contributed by atoms with Crippen LogP contribution in [0.1, 0.15) is 18.2 Å². The average Bonchev–Trinajstić information content (AvgIpc) is 2.64. The normalized spacial score (nSPS) is 10.8. The highest BCUT2D eigenvalue weighted by Gasteiger charge is 2.11. The Kier molecular flexibility index (Phi) is 2.92. The van der Waals surface area contributed by atoms with E-state index in [0.29, 0.717) is 11.0 Å². The van der Waals surface area contributed by atoms with Gasteiger partial charge in [0.2, 0.25) is 0 Å². The molecule has 0 unspecified atom stereocenters. The summed E-state index contributed by atoms with van der Waals surface area (Å²) < 4.78 is 1.87. The first kappa shape index (κ1) is 11.1. The van der Waals surface area contributed by atoms with Crippen LogP contribution in [0.2, 0.25) is 5.15 Å². The first-order chi connectivity index (χ1) is 7.63. The van der Waals surface area contributed by atoms with Crippen molar-refractivity contribution in [2.24, 2.45) is 7.05 Å². The van der Waals surface area contributed by atoms with Gasteiger partial charge in [-0.2, -0.15) is 0 Å². The quantitative estimate of drug-likeness (QED) is 0.752. The van der Waals surface area contributed by atoms with Crippen LogP contribution in [0.4, 0.5) is 0 Å². The Morgan fingerprint density at radius 2 is 2.12 bits per heavy atom. The maximum Gasteiger partial charge on any atom is 0.179 e. The highest BCUT2D eigenvalue weighted by Crippen LogP contribution is 2.21. The Morgan fingerprint density at radius 3 is 2.62 bits per heavy atom. The fourth-order valence-corrected chi connectivity index (χ4v) is 2.00. The third-order valence-electron chi connectivity index (χ3n) is 2.56. The van der Waals surface area contributed by atoms with Crippen LogP contribution in [-0.4, -0.2) is 19.5 Å². The molecule has 16 heavy (non-hydrogen) atoms. The van der Waals surface area contributed by atoms with Crippen LogP contribution in [0.3, 0.4) is 0 Å². The van der Waals surface area contributed by atoms with E-state index in [2.05, 4.69) is 15.0 Å². The highest BCUT2D eigenvalue weighted by molar-refractivity contribution is 6.30. The zero-order valence-corrected chi connectivity index (χ0v) is 10.3. The summed E-state index contributed by atoms with van der Waals surface area (Å²) in [5, 5.41) is 0.534. The molecule has 2 aromatic heterocycles. The lowest BCUT2D eigenvalue weighted by Crippen LogP contribution is -2.01. The maximum atomic E-state index is 6.12. The summed E-state index contributed by atoms with van der Waals surface area (Å²) in [4.78, 5) is 12.8. The fourth-order valence-electron chi connectivity index (χ4n) is 1.65. The predicted molar refractivity (Wildman–Crippen MR) is 63.4 cm³/mol. The molecule has 0 fully saturated rings. The molecule has 0 radical (unpaired) electrons. The van der Waals surface area contributed by atoms with Gasteiger partial charge in [0.1, 0.15) is 10.8 Å². The van der Waals surface area contributed by atoms with Crippen molar-refractivity contribution in [2.75, 3.05) is 0 Å². The van der Waals surface area contributed by atoms with Gasteiger partial charge in [0.05, 0.1) is 12.5 Å². The van der Waals surface area contributed by atoms with Crippen LogP contribution >= 0.6 is 11.6 Å². The molecule has 0 atom stereocenters. The summed E-state index contributed by atoms with van der Waals surface area (Å²) in [7, 11) is 1.91. The zero-order valence-electron chi connectivity index (χ0n) is 9.53. The Labute approximate surface area is 99.3 Å². The van der Waals surface area contributed by atoms with Crippen molar-refractivity contribution in [2.45, 2.75) is 20.3 Å². The number of hydrogen-bond donors (Lipinski definition) is 0. The van der Waals surface area contributed by atoms with E-state index in [1.54, 1.807) is 12.5 Å². The van der Waals surface area contributed by atoms with Gasteiger partial charge in [0, 0.05) is 18.3 Å². The zero-order chi connectivity index (χ0) is 11.7. The molecule has 84 valence electrons. The second-order valence-corrected chi connectivity index (χ2v) is 4.00. The lowest BCUT2D eigenvalue weighted by molar-refractivity contribution is 0.900. The van der Waals surface area contributed by atoms with Crippen molar-refractivity contribution in [3.63, 3.8) is 0 Å². The molecule has 5 heteroatoms. The molecule has 0 amide bonds. The summed E-state index contributed by atoms with van der Waals surface area (Å²) >= 11 is 6.12. The minimum Gasteiger partial charge on any atom is -0.331 e. The minimum atomic E-state index is 0.534. The molecular formula is C11H13ClN4. The Balaban J connectivity index is 2.57. The largest absolute Gasteiger partial charge is 0.331 e. The molecule has 2 rings (SSSR count). The van der Waals surface area contributed by atoms with Crippen molar-refractivity contribution in [3.8, 4) is 11.5 Å². The van der Waals surface area contributed by atoms with Gasteiger partial charge in [-0.1, -0.05) is 18.5 Å². The van der Waals surface area contributed by atoms with Crippen molar-refractivity contribution in [1.82, 2.24) is 19.5 Å². The smallest absolute Gasteiger partial charge is 0.179 e. The minimum absolute atomic E-state index is 0.534. The number of aromatic nitrogens is 4. The second kappa shape index (κ2) is 4.22. The van der Waals surface area contributed by atoms with Crippen molar-refractivity contribution in [1.29, 1.82) is 0 Å². The molecule has 0 N–H and O–H groups in total. The summed E-state index contributed by atoms with van der Waals surface area (Å²) in [6, 6.07) is 0. The van der Waals surface area contributed by atoms with Crippen LogP contribution in [0, 0.1) is 6.92 Å². The second-order valence-electron chi connectivity index (χ2n) is 3.65. The van der Waals surface area contributed by atoms with Gasteiger partial charge in [-0.15, -0.1) is 0 Å². The van der Waals surface area contributed by atoms with Gasteiger partial charge in [-0.05, 0) is 13.3 Å². The number of imidazole rings is 1. The molecule has 2 aromatic rings. The van der Waals surface area contributed by atoms with E-state index in [1.807, 2.05) is 25.5 Å². The monoisotopic (exact) mass is 236 g/mol. The first-order valence-corrected chi connectivity index (χ1v) is 5.51. The number of hydrogen-bond acceptors (Lipinski definition) is 3. The van der Waals surface area contributed by atoms with Crippen LogP contribution in [0.5, 0.6) is 0 Å². The lowest BCUT2D eigenvalue weighted by atomic mass is 10.2. The maximum absolute atomic E-state index is 6.12. The summed E-state index contributed by atoms with van der Waals surface area (Å²) in [5.74, 6) is 0.625. The van der Waals surface area contributed by atoms with E-state index >= 15 is 0 Å². The molecule has 0 spiro atoms. The van der Waals surface area contributed by atoms with Gasteiger partial charge in [-0.25, -0.2) is 15.0 Å². The molecule has 0 aliphatic heterocycles. The number of rotatable bonds is 2. The standard InChI is InChI=1S/C11H13ClN4/c1-4-8-7(2)14-11(15-10(8)12)9-5-13-6-16(9)3/h5-6H,4H2,1-3H3. The van der Waals surface area contributed by atoms with Crippen molar-refractivity contribution >= 4 is 11.6 Å². The van der Waals surface area contributed by atoms with Crippen molar-refractivity contribution < 1.29 is 0 Å². The molecule has 0 aromatic carbocycles. The SMILES string of the molecule is CCc1c(C)nc(-c2cncn2C)nc1Cl. The lowest BCUT2D eigenvalue weighted by Gasteiger charge is -2.07. The molecule has 0 aliphatic rings. The number of aryl methyl sites for hydroxylation is 2. The van der Waals surface area contributed by atoms with Gasteiger partial charge in [0.15, 0.2) is 5.82 Å². The van der Waals surface area contributed by atoms with E-state index in [4.69, 9.17) is 11.6 Å². The van der Waals surface area contributed by atoms with Crippen LogP contribution < -0.4 is 0 Å². The number of nitrogens with zero attached hydrogens (tertiary/aromatic N) is 4. The van der Waals surface area contributed by atoms with Gasteiger partial charge < -0.3 is 4.57 Å². The van der Waals surface area contributed by atoms with Crippen molar-refractivity contribution in [3.05, 3.63) is 28.9 Å². The van der Waals surface area contributed by atoms with Crippen LogP contribution in [-0.2, 0) is 13.5 Å². The van der Waals surface area contributed by atoms with Gasteiger partial charge in [0.25, 0.3) is 0 Å². The van der Waals surface area contributed by atoms with Crippen LogP contribution in [0.25, 0.3) is 11.5 Å². The van der Waals surface area contributed by atoms with E-state index in [0.717, 1.165) is 23.4 Å². The van der Waals surface area contributed by atoms with Gasteiger partial charge >= 0.3 is 0 Å². The topological polar surface area (TPSA) is 43.6 Å². The predicted octanol–water partition coefficient (Wildman–Crippen LogP) is 2.40.